The molecule has 1 fully saturated rings. The number of nitrogens with one attached hydrogen (secondary N) is 1. The van der Waals surface area contributed by atoms with Crippen LogP contribution in [0, 0.1) is 0 Å². The van der Waals surface area contributed by atoms with Crippen LogP contribution >= 0.6 is 11.3 Å². The molecule has 0 aliphatic carbocycles. The Kier molecular flexibility index (Phi) is 6.42. The van der Waals surface area contributed by atoms with Crippen LogP contribution in [0.1, 0.15) is 44.2 Å². The molecule has 13 heteroatoms. The topological polar surface area (TPSA) is 111 Å². The molecule has 3 aromatic heterocycles. The SMILES string of the molecule is CC(C)(C)OC(=O)N1CCC(NCc2nn3c(-c4cnc(N)c(C(F)(F)F)c4)cnc3s2)CC1. The van der Waals surface area contributed by atoms with Crippen molar-refractivity contribution in [3.8, 4) is 11.3 Å². The smallest absolute Gasteiger partial charge is 0.419 e. The zero-order valence-electron chi connectivity index (χ0n) is 19.0. The molecule has 0 atom stereocenters. The van der Waals surface area contributed by atoms with Gasteiger partial charge in [-0.3, -0.25) is 0 Å². The predicted molar refractivity (Wildman–Crippen MR) is 121 cm³/mol. The number of aromatic nitrogens is 4. The van der Waals surface area contributed by atoms with E-state index >= 15 is 0 Å². The molecule has 0 spiro atoms. The normalized spacial score (nSPS) is 15.8. The molecule has 34 heavy (non-hydrogen) atoms. The molecular formula is C21H26F3N7O2S. The van der Waals surface area contributed by atoms with Gasteiger partial charge >= 0.3 is 12.3 Å². The van der Waals surface area contributed by atoms with Crippen LogP contribution in [-0.4, -0.2) is 55.3 Å². The number of hydrogen-bond donors (Lipinski definition) is 2. The number of nitrogens with two attached hydrogens (primary N) is 1. The number of likely N-dealkylation sites (tertiary alicyclic amines) is 1. The summed E-state index contributed by atoms with van der Waals surface area (Å²) in [5, 5.41) is 8.71. The molecule has 1 aliphatic rings. The number of anilines is 1. The number of carbonyl (C=O) groups excluding carboxylic acids is 1. The van der Waals surface area contributed by atoms with E-state index in [1.807, 2.05) is 20.8 Å². The van der Waals surface area contributed by atoms with Crippen LogP contribution in [-0.2, 0) is 17.5 Å². The van der Waals surface area contributed by atoms with E-state index < -0.39 is 23.2 Å². The van der Waals surface area contributed by atoms with Crippen LogP contribution in [0.4, 0.5) is 23.8 Å². The van der Waals surface area contributed by atoms with Gasteiger partial charge in [0.25, 0.3) is 0 Å². The summed E-state index contributed by atoms with van der Waals surface area (Å²) >= 11 is 1.35. The molecule has 1 aliphatic heterocycles. The zero-order valence-corrected chi connectivity index (χ0v) is 19.8. The molecule has 0 radical (unpaired) electrons. The van der Waals surface area contributed by atoms with Crippen LogP contribution in [0.15, 0.2) is 18.5 Å². The maximum absolute atomic E-state index is 13.2. The first kappa shape index (κ1) is 24.2. The molecule has 184 valence electrons. The van der Waals surface area contributed by atoms with E-state index in [-0.39, 0.29) is 17.7 Å². The number of pyridine rings is 1. The number of nitrogen functional groups attached to an aromatic ring is 1. The van der Waals surface area contributed by atoms with E-state index in [2.05, 4.69) is 20.4 Å². The number of fused-ring (bicyclic) bond motifs is 1. The molecule has 0 unspecified atom stereocenters. The minimum absolute atomic E-state index is 0.213. The highest BCUT2D eigenvalue weighted by Crippen LogP contribution is 2.35. The van der Waals surface area contributed by atoms with Gasteiger partial charge in [-0.1, -0.05) is 11.3 Å². The Bertz CT molecular complexity index is 1180. The maximum Gasteiger partial charge on any atom is 0.419 e. The van der Waals surface area contributed by atoms with Crippen molar-refractivity contribution in [3.05, 3.63) is 29.0 Å². The largest absolute Gasteiger partial charge is 0.444 e. The minimum atomic E-state index is -4.60. The number of imidazole rings is 1. The van der Waals surface area contributed by atoms with Crippen LogP contribution in [0.3, 0.4) is 0 Å². The van der Waals surface area contributed by atoms with E-state index in [1.54, 1.807) is 4.90 Å². The number of ether oxygens (including phenoxy) is 1. The number of hydrogen-bond acceptors (Lipinski definition) is 8. The van der Waals surface area contributed by atoms with E-state index in [0.29, 0.717) is 30.3 Å². The molecule has 3 N–H and O–H groups in total. The Morgan fingerprint density at radius 1 is 1.24 bits per heavy atom. The van der Waals surface area contributed by atoms with Crippen molar-refractivity contribution in [1.82, 2.24) is 29.8 Å². The van der Waals surface area contributed by atoms with Gasteiger partial charge in [0.05, 0.1) is 17.5 Å². The Morgan fingerprint density at radius 2 is 1.94 bits per heavy atom. The summed E-state index contributed by atoms with van der Waals surface area (Å²) in [5.41, 5.74) is 4.52. The standard InChI is InChI=1S/C21H26F3N7O2S/c1-20(2,3)33-19(32)30-6-4-13(5-7-30)26-11-16-29-31-15(10-28-18(31)34-16)12-8-14(21(22,23)24)17(25)27-9-12/h8-10,13,26H,4-7,11H2,1-3H3,(H2,25,27). The average Bonchev–Trinajstić information content (AvgIpc) is 3.31. The van der Waals surface area contributed by atoms with Crippen LogP contribution in [0.2, 0.25) is 0 Å². The monoisotopic (exact) mass is 497 g/mol. The van der Waals surface area contributed by atoms with E-state index in [0.717, 1.165) is 23.9 Å². The molecule has 3 aromatic rings. The fourth-order valence-corrected chi connectivity index (χ4v) is 4.49. The van der Waals surface area contributed by atoms with Gasteiger partial charge in [0.1, 0.15) is 16.4 Å². The quantitative estimate of drug-likeness (QED) is 0.562. The summed E-state index contributed by atoms with van der Waals surface area (Å²) in [4.78, 5) is 22.5. The third-order valence-corrected chi connectivity index (χ3v) is 6.26. The lowest BCUT2D eigenvalue weighted by molar-refractivity contribution is -0.137. The van der Waals surface area contributed by atoms with Crippen molar-refractivity contribution >= 4 is 28.2 Å². The Hall–Kier alpha value is -2.93. The van der Waals surface area contributed by atoms with Gasteiger partial charge in [-0.05, 0) is 39.7 Å². The first-order chi connectivity index (χ1) is 15.9. The first-order valence-corrected chi connectivity index (χ1v) is 11.6. The molecule has 4 heterocycles. The summed E-state index contributed by atoms with van der Waals surface area (Å²) < 4.78 is 46.6. The second-order valence-corrected chi connectivity index (χ2v) is 10.2. The highest BCUT2D eigenvalue weighted by Gasteiger charge is 2.34. The van der Waals surface area contributed by atoms with Crippen molar-refractivity contribution in [2.45, 2.75) is 58.0 Å². The van der Waals surface area contributed by atoms with Crippen molar-refractivity contribution in [2.24, 2.45) is 0 Å². The van der Waals surface area contributed by atoms with Crippen molar-refractivity contribution < 1.29 is 22.7 Å². The van der Waals surface area contributed by atoms with Gasteiger partial charge in [-0.15, -0.1) is 0 Å². The van der Waals surface area contributed by atoms with Crippen LogP contribution < -0.4 is 11.1 Å². The number of piperidine rings is 1. The molecule has 0 aromatic carbocycles. The third kappa shape index (κ3) is 5.41. The summed E-state index contributed by atoms with van der Waals surface area (Å²) in [5.74, 6) is -0.571. The van der Waals surface area contributed by atoms with Gasteiger partial charge in [-0.2, -0.15) is 18.3 Å². The molecular weight excluding hydrogens is 471 g/mol. The number of carbonyl (C=O) groups is 1. The number of amides is 1. The van der Waals surface area contributed by atoms with Crippen molar-refractivity contribution in [3.63, 3.8) is 0 Å². The van der Waals surface area contributed by atoms with Gasteiger partial charge in [0.15, 0.2) is 0 Å². The third-order valence-electron chi connectivity index (χ3n) is 5.34. The van der Waals surface area contributed by atoms with Crippen molar-refractivity contribution in [2.75, 3.05) is 18.8 Å². The number of halogens is 3. The Labute approximate surface area is 198 Å². The average molecular weight is 498 g/mol. The molecule has 1 saturated heterocycles. The molecule has 1 amide bonds. The summed E-state index contributed by atoms with van der Waals surface area (Å²) in [6.07, 6.45) is -0.591. The molecule has 9 nitrogen and oxygen atoms in total. The van der Waals surface area contributed by atoms with Crippen molar-refractivity contribution in [1.29, 1.82) is 0 Å². The van der Waals surface area contributed by atoms with Gasteiger partial charge in [0.2, 0.25) is 4.96 Å². The Balaban J connectivity index is 1.39. The molecule has 0 saturated carbocycles. The number of rotatable bonds is 4. The first-order valence-electron chi connectivity index (χ1n) is 10.8. The second-order valence-electron chi connectivity index (χ2n) is 9.11. The fourth-order valence-electron chi connectivity index (χ4n) is 3.67. The predicted octanol–water partition coefficient (Wildman–Crippen LogP) is 3.94. The van der Waals surface area contributed by atoms with Crippen LogP contribution in [0.5, 0.6) is 0 Å². The van der Waals surface area contributed by atoms with E-state index in [4.69, 9.17) is 10.5 Å². The number of nitrogens with zero attached hydrogens (tertiary/aromatic N) is 5. The molecule has 0 bridgehead atoms. The molecule has 4 rings (SSSR count). The summed E-state index contributed by atoms with van der Waals surface area (Å²) in [6.45, 7) is 7.21. The van der Waals surface area contributed by atoms with Gasteiger partial charge in [0, 0.05) is 37.4 Å². The fraction of sp³-hybridized carbons (Fsp3) is 0.524. The van der Waals surface area contributed by atoms with Crippen LogP contribution in [0.25, 0.3) is 16.2 Å². The van der Waals surface area contributed by atoms with Gasteiger partial charge in [-0.25, -0.2) is 19.3 Å². The summed E-state index contributed by atoms with van der Waals surface area (Å²) in [6, 6.07) is 1.17. The van der Waals surface area contributed by atoms with Gasteiger partial charge < -0.3 is 20.7 Å². The Morgan fingerprint density at radius 3 is 2.59 bits per heavy atom. The summed E-state index contributed by atoms with van der Waals surface area (Å²) in [7, 11) is 0. The second kappa shape index (κ2) is 9.02. The lowest BCUT2D eigenvalue weighted by atomic mass is 10.1. The lowest BCUT2D eigenvalue weighted by Gasteiger charge is -2.33. The van der Waals surface area contributed by atoms with E-state index in [9.17, 15) is 18.0 Å². The minimum Gasteiger partial charge on any atom is -0.444 e. The number of alkyl halides is 3. The highest BCUT2D eigenvalue weighted by atomic mass is 32.1. The lowest BCUT2D eigenvalue weighted by Crippen LogP contribution is -2.46. The zero-order chi connectivity index (χ0) is 24.7. The van der Waals surface area contributed by atoms with E-state index in [1.165, 1.54) is 28.2 Å². The maximum atomic E-state index is 13.2. The highest BCUT2D eigenvalue weighted by molar-refractivity contribution is 7.16.